The van der Waals surface area contributed by atoms with E-state index in [-0.39, 0.29) is 18.1 Å². The van der Waals surface area contributed by atoms with Crippen molar-refractivity contribution in [1.82, 2.24) is 14.8 Å². The van der Waals surface area contributed by atoms with Gasteiger partial charge in [-0.15, -0.1) is 10.2 Å². The molecule has 0 bridgehead atoms. The highest BCUT2D eigenvalue weighted by molar-refractivity contribution is 7.99. The van der Waals surface area contributed by atoms with Gasteiger partial charge in [0.2, 0.25) is 0 Å². The lowest BCUT2D eigenvalue weighted by Gasteiger charge is -2.16. The Bertz CT molecular complexity index is 980. The zero-order chi connectivity index (χ0) is 20.9. The minimum absolute atomic E-state index is 0.0389. The van der Waals surface area contributed by atoms with Gasteiger partial charge in [-0.05, 0) is 12.1 Å². The molecule has 0 amide bonds. The summed E-state index contributed by atoms with van der Waals surface area (Å²) >= 11 is 1.23. The first-order valence-corrected chi connectivity index (χ1v) is 10.2. The Kier molecular flexibility index (Phi) is 6.49. The molecule has 0 aliphatic heterocycles. The monoisotopic (exact) mass is 409 g/mol. The molecule has 0 saturated carbocycles. The molecule has 0 radical (unpaired) electrons. The van der Waals surface area contributed by atoms with E-state index in [9.17, 15) is 9.59 Å². The molecule has 0 unspecified atom stereocenters. The Hall–Kier alpha value is -2.93. The van der Waals surface area contributed by atoms with E-state index in [0.29, 0.717) is 11.0 Å². The summed E-state index contributed by atoms with van der Waals surface area (Å²) in [6.07, 6.45) is 0. The number of para-hydroxylation sites is 1. The highest BCUT2D eigenvalue weighted by Crippen LogP contribution is 2.27. The van der Waals surface area contributed by atoms with E-state index in [0.717, 1.165) is 11.3 Å². The van der Waals surface area contributed by atoms with Gasteiger partial charge in [0, 0.05) is 16.7 Å². The maximum Gasteiger partial charge on any atom is 0.316 e. The Labute approximate surface area is 174 Å². The Morgan fingerprint density at radius 3 is 2.21 bits per heavy atom. The van der Waals surface area contributed by atoms with Crippen molar-refractivity contribution in [3.05, 3.63) is 60.7 Å². The Balaban J connectivity index is 1.77. The molecule has 7 heteroatoms. The van der Waals surface area contributed by atoms with E-state index < -0.39 is 11.4 Å². The number of esters is 1. The molecule has 3 rings (SSSR count). The summed E-state index contributed by atoms with van der Waals surface area (Å²) in [4.78, 5) is 24.1. The maximum atomic E-state index is 12.1. The van der Waals surface area contributed by atoms with E-state index in [2.05, 4.69) is 10.2 Å². The molecule has 1 heterocycles. The van der Waals surface area contributed by atoms with Crippen molar-refractivity contribution >= 4 is 23.5 Å². The number of hydrogen-bond donors (Lipinski definition) is 0. The largest absolute Gasteiger partial charge is 0.457 e. The summed E-state index contributed by atoms with van der Waals surface area (Å²) in [5, 5.41) is 9.19. The third-order valence-electron chi connectivity index (χ3n) is 4.20. The van der Waals surface area contributed by atoms with Crippen LogP contribution in [0.3, 0.4) is 0 Å². The van der Waals surface area contributed by atoms with Gasteiger partial charge in [0.25, 0.3) is 0 Å². The fourth-order valence-corrected chi connectivity index (χ4v) is 3.22. The number of ether oxygens (including phenoxy) is 1. The van der Waals surface area contributed by atoms with E-state index in [4.69, 9.17) is 4.74 Å². The molecular weight excluding hydrogens is 386 g/mol. The molecule has 0 saturated heterocycles. The predicted molar refractivity (Wildman–Crippen MR) is 113 cm³/mol. The van der Waals surface area contributed by atoms with Crippen LogP contribution in [0.4, 0.5) is 0 Å². The molecule has 0 fully saturated rings. The number of Topliss-reactive ketones (excluding diaryl/α,β-unsaturated/α-hetero) is 1. The molecule has 0 aliphatic rings. The first-order valence-electron chi connectivity index (χ1n) is 9.24. The van der Waals surface area contributed by atoms with Gasteiger partial charge in [0.15, 0.2) is 23.4 Å². The lowest BCUT2D eigenvalue weighted by Crippen LogP contribution is -2.26. The van der Waals surface area contributed by atoms with Gasteiger partial charge in [-0.1, -0.05) is 81.1 Å². The van der Waals surface area contributed by atoms with E-state index >= 15 is 0 Å². The fraction of sp³-hybridized carbons (Fsp3) is 0.273. The quantitative estimate of drug-likeness (QED) is 0.430. The van der Waals surface area contributed by atoms with Crippen molar-refractivity contribution in [1.29, 1.82) is 0 Å². The van der Waals surface area contributed by atoms with E-state index in [1.54, 1.807) is 20.8 Å². The standard InChI is InChI=1S/C22H23N3O3S/c1-22(2,3)18(26)14-28-19(27)15-29-21-24-23-20(16-10-6-4-7-11-16)25(21)17-12-8-5-9-13-17/h4-13H,14-15H2,1-3H3. The number of aromatic nitrogens is 3. The number of ketones is 1. The first-order chi connectivity index (χ1) is 13.9. The number of nitrogens with zero attached hydrogens (tertiary/aromatic N) is 3. The number of benzene rings is 2. The average molecular weight is 410 g/mol. The molecule has 3 aromatic rings. The Morgan fingerprint density at radius 2 is 1.59 bits per heavy atom. The summed E-state index contributed by atoms with van der Waals surface area (Å²) in [7, 11) is 0. The van der Waals surface area contributed by atoms with Crippen molar-refractivity contribution in [3.8, 4) is 17.1 Å². The number of thioether (sulfide) groups is 1. The van der Waals surface area contributed by atoms with Gasteiger partial charge in [-0.25, -0.2) is 0 Å². The fourth-order valence-electron chi connectivity index (χ4n) is 2.48. The van der Waals surface area contributed by atoms with Crippen LogP contribution in [0.1, 0.15) is 20.8 Å². The Morgan fingerprint density at radius 1 is 0.966 bits per heavy atom. The summed E-state index contributed by atoms with van der Waals surface area (Å²) < 4.78 is 7.03. The van der Waals surface area contributed by atoms with E-state index in [1.165, 1.54) is 11.8 Å². The van der Waals surface area contributed by atoms with E-state index in [1.807, 2.05) is 65.2 Å². The van der Waals surface area contributed by atoms with Crippen LogP contribution in [0.5, 0.6) is 0 Å². The number of hydrogen-bond acceptors (Lipinski definition) is 6. The van der Waals surface area contributed by atoms with Gasteiger partial charge in [-0.3, -0.25) is 14.2 Å². The summed E-state index contributed by atoms with van der Waals surface area (Å²) in [6.45, 7) is 5.17. The topological polar surface area (TPSA) is 74.1 Å². The third-order valence-corrected chi connectivity index (χ3v) is 5.10. The first kappa shape index (κ1) is 20.8. The third kappa shape index (κ3) is 5.32. The second kappa shape index (κ2) is 9.05. The van der Waals surface area contributed by atoms with Crippen LogP contribution in [-0.4, -0.2) is 38.9 Å². The van der Waals surface area contributed by atoms with Gasteiger partial charge in [-0.2, -0.15) is 0 Å². The molecule has 1 aromatic heterocycles. The summed E-state index contributed by atoms with van der Waals surface area (Å²) in [5.74, 6) is 0.152. The molecule has 2 aromatic carbocycles. The van der Waals surface area contributed by atoms with Crippen molar-refractivity contribution in [2.45, 2.75) is 25.9 Å². The maximum absolute atomic E-state index is 12.1. The van der Waals surface area contributed by atoms with Crippen LogP contribution in [0.2, 0.25) is 0 Å². The SMILES string of the molecule is CC(C)(C)C(=O)COC(=O)CSc1nnc(-c2ccccc2)n1-c1ccccc1. The summed E-state index contributed by atoms with van der Waals surface area (Å²) in [6, 6.07) is 19.5. The minimum atomic E-state index is -0.536. The van der Waals surface area contributed by atoms with Crippen LogP contribution in [0, 0.1) is 5.41 Å². The lowest BCUT2D eigenvalue weighted by atomic mass is 9.91. The van der Waals surface area contributed by atoms with Crippen molar-refractivity contribution in [2.75, 3.05) is 12.4 Å². The molecule has 0 spiro atoms. The molecule has 150 valence electrons. The number of rotatable bonds is 7. The molecule has 0 aliphatic carbocycles. The molecule has 6 nitrogen and oxygen atoms in total. The zero-order valence-corrected chi connectivity index (χ0v) is 17.5. The summed E-state index contributed by atoms with van der Waals surface area (Å²) in [5.41, 5.74) is 1.29. The van der Waals surface area contributed by atoms with Crippen LogP contribution >= 0.6 is 11.8 Å². The number of carbonyl (C=O) groups excluding carboxylic acids is 2. The van der Waals surface area contributed by atoms with Gasteiger partial charge in [0.05, 0.1) is 5.75 Å². The smallest absolute Gasteiger partial charge is 0.316 e. The molecule has 0 atom stereocenters. The zero-order valence-electron chi connectivity index (χ0n) is 16.7. The average Bonchev–Trinajstić information content (AvgIpc) is 3.15. The second-order valence-electron chi connectivity index (χ2n) is 7.47. The van der Waals surface area contributed by atoms with Crippen molar-refractivity contribution in [2.24, 2.45) is 5.41 Å². The minimum Gasteiger partial charge on any atom is -0.457 e. The van der Waals surface area contributed by atoms with Gasteiger partial charge >= 0.3 is 5.97 Å². The van der Waals surface area contributed by atoms with Gasteiger partial charge < -0.3 is 4.74 Å². The van der Waals surface area contributed by atoms with Crippen molar-refractivity contribution < 1.29 is 14.3 Å². The highest BCUT2D eigenvalue weighted by atomic mass is 32.2. The highest BCUT2D eigenvalue weighted by Gasteiger charge is 2.23. The number of carbonyl (C=O) groups is 2. The predicted octanol–water partition coefficient (Wildman–Crippen LogP) is 4.18. The van der Waals surface area contributed by atoms with Crippen LogP contribution in [0.15, 0.2) is 65.8 Å². The van der Waals surface area contributed by atoms with Crippen LogP contribution in [0.25, 0.3) is 17.1 Å². The normalized spacial score (nSPS) is 11.3. The van der Waals surface area contributed by atoms with Gasteiger partial charge in [0.1, 0.15) is 0 Å². The molecule has 0 N–H and O–H groups in total. The van der Waals surface area contributed by atoms with Crippen LogP contribution < -0.4 is 0 Å². The molecule has 29 heavy (non-hydrogen) atoms. The van der Waals surface area contributed by atoms with Crippen molar-refractivity contribution in [3.63, 3.8) is 0 Å². The van der Waals surface area contributed by atoms with Crippen LogP contribution in [-0.2, 0) is 14.3 Å². The lowest BCUT2D eigenvalue weighted by molar-refractivity contribution is -0.147. The molecular formula is C22H23N3O3S. The second-order valence-corrected chi connectivity index (χ2v) is 8.41.